The van der Waals surface area contributed by atoms with Crippen LogP contribution in [0.2, 0.25) is 0 Å². The van der Waals surface area contributed by atoms with Gasteiger partial charge in [0.1, 0.15) is 11.3 Å². The highest BCUT2D eigenvalue weighted by Gasteiger charge is 2.45. The first-order chi connectivity index (χ1) is 50.9. The van der Waals surface area contributed by atoms with Gasteiger partial charge in [-0.2, -0.15) is 8.61 Å². The van der Waals surface area contributed by atoms with E-state index in [-0.39, 0.29) is 78.2 Å². The second-order valence-corrected chi connectivity index (χ2v) is 35.3. The first-order valence-corrected chi connectivity index (χ1v) is 41.8. The second-order valence-electron chi connectivity index (χ2n) is 25.9. The standard InChI is InChI=1S/C39H35N2O5PS.C27H25O6P.C14H16N2O2S.B5/c1-47(2,44)38(34-17-9-15-28-11-7-8-16-33(28)34)37(42)35-25-30-13-5-6-14-31(30)26-36(35)39(43)40-20-22-41(23-21-40)48(45,46)32-19-18-27-10-3-4-12-29(27)24-32;1-3-32-34(31,33-4-2)26(22-15-9-13-18-10-7-8-14-21(18)22)25(28)23-16-19-11-5-6-12-20(19)17-24(23)27(29)30;17-19(18,16-9-7-15-8-10-16)14-6-5-12-3-1-2-4-13(12)11-14;1-4-5(2)3/h3-19,24-26,38H,20-23H2,1-2H3;5-17,26H,3-4H2,1-2H3,(H,29,30);1-6,11,15H,7-10H2;. The molecule has 0 spiro atoms. The van der Waals surface area contributed by atoms with Gasteiger partial charge in [0.05, 0.1) is 41.3 Å². The molecule has 2 heterocycles. The highest BCUT2D eigenvalue weighted by atomic mass is 32.2. The topological polar surface area (TPSA) is 231 Å². The van der Waals surface area contributed by atoms with Crippen molar-refractivity contribution in [2.24, 2.45) is 0 Å². The fourth-order valence-corrected chi connectivity index (χ4v) is 20.0. The summed E-state index contributed by atoms with van der Waals surface area (Å²) in [5.74, 6) is -2.59. The minimum Gasteiger partial charge on any atom is -0.478 e. The van der Waals surface area contributed by atoms with Gasteiger partial charge in [-0.05, 0) is 151 Å². The van der Waals surface area contributed by atoms with Gasteiger partial charge in [-0.3, -0.25) is 18.9 Å². The number of rotatable bonds is 19. The number of piperazine rings is 2. The summed E-state index contributed by atoms with van der Waals surface area (Å²) in [5.41, 5.74) is -0.909. The molecular formula is C80H76B5N4O13P2S2. The SMILES string of the molecule is CCOP(=O)(OCC)C(C(=O)c1cc2ccccc2cc1C(=O)O)c1cccc2ccccc12.CP(C)(=O)C(C(=O)c1cc2ccccc2cc1C(=O)N1CCN(S(=O)(=O)c2ccc3ccccc3c2)CC1)c1cccc2ccccc12.O=S(=O)(c1ccc2ccccc2c1)N1CCNCC1.[B][B]B([B])[B]. The Kier molecular flexibility index (Phi) is 25.2. The molecule has 14 rings (SSSR count). The van der Waals surface area contributed by atoms with Crippen LogP contribution >= 0.6 is 14.7 Å². The molecule has 2 atom stereocenters. The largest absolute Gasteiger partial charge is 0.478 e. The fourth-order valence-electron chi connectivity index (χ4n) is 13.4. The van der Waals surface area contributed by atoms with Crippen LogP contribution in [0.25, 0.3) is 64.6 Å². The molecule has 0 aliphatic carbocycles. The van der Waals surface area contributed by atoms with E-state index in [4.69, 9.17) is 32.3 Å². The van der Waals surface area contributed by atoms with Crippen molar-refractivity contribution < 1.29 is 59.3 Å². The van der Waals surface area contributed by atoms with E-state index in [0.717, 1.165) is 53.9 Å². The number of nitrogens with one attached hydrogen (secondary N) is 1. The van der Waals surface area contributed by atoms with Crippen molar-refractivity contribution in [3.05, 3.63) is 276 Å². The first-order valence-electron chi connectivity index (χ1n) is 34.7. The van der Waals surface area contributed by atoms with E-state index in [9.17, 15) is 50.3 Å². The van der Waals surface area contributed by atoms with Gasteiger partial charge >= 0.3 is 13.6 Å². The van der Waals surface area contributed by atoms with Crippen molar-refractivity contribution in [1.82, 2.24) is 18.8 Å². The first kappa shape index (κ1) is 78.0. The van der Waals surface area contributed by atoms with Crippen LogP contribution in [0.1, 0.15) is 77.7 Å². The van der Waals surface area contributed by atoms with Gasteiger partial charge in [0.15, 0.2) is 11.6 Å². The molecule has 2 aliphatic rings. The molecule has 12 aromatic rings. The molecule has 2 unspecified atom stereocenters. The van der Waals surface area contributed by atoms with E-state index in [1.165, 1.54) is 17.4 Å². The number of ketones is 2. The molecule has 106 heavy (non-hydrogen) atoms. The number of carboxylic acids is 1. The zero-order valence-corrected chi connectivity index (χ0v) is 62.5. The monoisotopic (exact) mass is 1480 g/mol. The van der Waals surface area contributed by atoms with Crippen LogP contribution < -0.4 is 5.32 Å². The fraction of sp³-hybridized carbons (Fsp3) is 0.200. The summed E-state index contributed by atoms with van der Waals surface area (Å²) >= 11 is 0. The summed E-state index contributed by atoms with van der Waals surface area (Å²) in [4.78, 5) is 57.5. The molecule has 531 valence electrons. The van der Waals surface area contributed by atoms with Gasteiger partial charge in [0.25, 0.3) is 5.91 Å². The predicted octanol–water partition coefficient (Wildman–Crippen LogP) is 14.3. The zero-order valence-electron chi connectivity index (χ0n) is 59.1. The Labute approximate surface area is 623 Å². The van der Waals surface area contributed by atoms with Crippen molar-refractivity contribution in [3.8, 4) is 0 Å². The number of carboxylic acid groups (broad SMARTS) is 1. The molecule has 0 aromatic heterocycles. The number of carbonyl (C=O) groups is 4. The normalized spacial score (nSPS) is 14.4. The van der Waals surface area contributed by atoms with Crippen molar-refractivity contribution in [3.63, 3.8) is 0 Å². The summed E-state index contributed by atoms with van der Waals surface area (Å²) in [6.07, 6.45) is -0.463. The number of sulfonamides is 2. The summed E-state index contributed by atoms with van der Waals surface area (Å²) in [6, 6.07) is 73.2. The zero-order chi connectivity index (χ0) is 75.5. The number of Topliss-reactive ketones (excluding diaryl/α,β-unsaturated/α-hetero) is 2. The number of carbonyl (C=O) groups excluding carboxylic acids is 3. The van der Waals surface area contributed by atoms with Crippen LogP contribution in [0, 0.1) is 0 Å². The van der Waals surface area contributed by atoms with Gasteiger partial charge in [-0.1, -0.05) is 194 Å². The minimum atomic E-state index is -4.03. The van der Waals surface area contributed by atoms with Crippen molar-refractivity contribution >= 4 is 160 Å². The van der Waals surface area contributed by atoms with Crippen LogP contribution in [0.4, 0.5) is 0 Å². The number of aromatic carboxylic acids is 1. The molecule has 0 saturated carbocycles. The van der Waals surface area contributed by atoms with E-state index in [1.807, 2.05) is 158 Å². The van der Waals surface area contributed by atoms with Gasteiger partial charge < -0.3 is 28.9 Å². The van der Waals surface area contributed by atoms with E-state index < -0.39 is 64.2 Å². The molecule has 0 bridgehead atoms. The Balaban J connectivity index is 0.000000167. The summed E-state index contributed by atoms with van der Waals surface area (Å²) < 4.78 is 94.6. The number of nitrogens with zero attached hydrogens (tertiary/aromatic N) is 3. The molecule has 2 aliphatic heterocycles. The van der Waals surface area contributed by atoms with Crippen LogP contribution in [0.3, 0.4) is 0 Å². The van der Waals surface area contributed by atoms with Crippen molar-refractivity contribution in [1.29, 1.82) is 0 Å². The number of hydrogen-bond acceptors (Lipinski definition) is 13. The van der Waals surface area contributed by atoms with Crippen LogP contribution in [-0.4, -0.2) is 174 Å². The Bertz CT molecular complexity index is 5610. The number of benzene rings is 12. The number of hydrogen-bond donors (Lipinski definition) is 2. The lowest BCUT2D eigenvalue weighted by atomic mass is 8.97. The maximum absolute atomic E-state index is 14.7. The smallest absolute Gasteiger partial charge is 0.345 e. The third-order valence-corrected chi connectivity index (χ3v) is 26.5. The number of amides is 1. The quantitative estimate of drug-likeness (QED) is 0.0436. The highest BCUT2D eigenvalue weighted by molar-refractivity contribution is 7.89. The lowest BCUT2D eigenvalue weighted by Crippen LogP contribution is -2.50. The van der Waals surface area contributed by atoms with Gasteiger partial charge in [-0.15, -0.1) is 0 Å². The maximum Gasteiger partial charge on any atom is 0.345 e. The number of fused-ring (bicyclic) bond motifs is 6. The third-order valence-electron chi connectivity index (χ3n) is 18.6. The molecule has 2 saturated heterocycles. The molecular weight excluding hydrogens is 1410 g/mol. The molecule has 12 aromatic carbocycles. The average molecular weight is 1480 g/mol. The van der Waals surface area contributed by atoms with E-state index >= 15 is 0 Å². The summed E-state index contributed by atoms with van der Waals surface area (Å²) in [7, 11) is 1.54. The lowest BCUT2D eigenvalue weighted by molar-refractivity contribution is 0.0686. The van der Waals surface area contributed by atoms with E-state index in [2.05, 4.69) is 5.32 Å². The molecule has 7 radical (unpaired) electrons. The Morgan fingerprint density at radius 3 is 1.21 bits per heavy atom. The van der Waals surface area contributed by atoms with Crippen LogP contribution in [-0.2, 0) is 38.2 Å². The second kappa shape index (κ2) is 34.2. The Hall–Kier alpha value is -9.04. The molecule has 2 N–H and O–H groups in total. The summed E-state index contributed by atoms with van der Waals surface area (Å²) in [5, 5.41) is 23.2. The van der Waals surface area contributed by atoms with Crippen LogP contribution in [0.15, 0.2) is 252 Å². The van der Waals surface area contributed by atoms with Gasteiger partial charge in [0.2, 0.25) is 20.0 Å². The minimum absolute atomic E-state index is 0.0382. The highest BCUT2D eigenvalue weighted by Crippen LogP contribution is 2.63. The van der Waals surface area contributed by atoms with E-state index in [1.54, 1.807) is 115 Å². The third kappa shape index (κ3) is 17.5. The summed E-state index contributed by atoms with van der Waals surface area (Å²) in [6.45, 7) is 9.80. The lowest BCUT2D eigenvalue weighted by Gasteiger charge is -2.34. The van der Waals surface area contributed by atoms with Crippen molar-refractivity contribution in [2.45, 2.75) is 35.0 Å². The van der Waals surface area contributed by atoms with Gasteiger partial charge in [-0.25, -0.2) is 21.6 Å². The average Bonchev–Trinajstić information content (AvgIpc) is 0.759. The maximum atomic E-state index is 14.7. The van der Waals surface area contributed by atoms with Crippen molar-refractivity contribution in [2.75, 3.05) is 78.9 Å². The van der Waals surface area contributed by atoms with Gasteiger partial charge in [0, 0.05) is 100 Å². The molecule has 1 amide bonds. The van der Waals surface area contributed by atoms with Crippen LogP contribution in [0.5, 0.6) is 0 Å². The molecule has 26 heteroatoms. The predicted molar refractivity (Wildman–Crippen MR) is 430 cm³/mol. The van der Waals surface area contributed by atoms with E-state index in [0.29, 0.717) is 53.0 Å². The molecule has 2 fully saturated rings. The Morgan fingerprint density at radius 2 is 0.802 bits per heavy atom. The Morgan fingerprint density at radius 1 is 0.462 bits per heavy atom. The molecule has 17 nitrogen and oxygen atoms in total.